The van der Waals surface area contributed by atoms with E-state index < -0.39 is 15.6 Å². The number of nitrogens with one attached hydrogen (secondary N) is 1. The summed E-state index contributed by atoms with van der Waals surface area (Å²) in [7, 11) is -3.65. The average Bonchev–Trinajstić information content (AvgIpc) is 2.52. The number of sulfonamides is 1. The van der Waals surface area contributed by atoms with E-state index in [1.807, 2.05) is 13.8 Å². The smallest absolute Gasteiger partial charge is 0.240 e. The fourth-order valence-electron chi connectivity index (χ4n) is 2.22. The molecule has 2 N–H and O–H groups in total. The minimum Gasteiger partial charge on any atom is -0.493 e. The van der Waals surface area contributed by atoms with Gasteiger partial charge in [0.2, 0.25) is 10.0 Å². The molecule has 1 aromatic rings. The van der Waals surface area contributed by atoms with E-state index in [0.29, 0.717) is 44.3 Å². The number of hydrogen-bond donors (Lipinski definition) is 2. The third-order valence-electron chi connectivity index (χ3n) is 3.73. The predicted molar refractivity (Wildman–Crippen MR) is 87.0 cm³/mol. The first-order valence-corrected chi connectivity index (χ1v) is 9.32. The highest BCUT2D eigenvalue weighted by Gasteiger charge is 2.31. The quantitative estimate of drug-likeness (QED) is 0.784. The van der Waals surface area contributed by atoms with Gasteiger partial charge in [-0.2, -0.15) is 0 Å². The Labute approximate surface area is 137 Å². The van der Waals surface area contributed by atoms with E-state index in [2.05, 4.69) is 4.72 Å². The molecule has 6 nitrogen and oxygen atoms in total. The summed E-state index contributed by atoms with van der Waals surface area (Å²) in [5.41, 5.74) is -1.04. The van der Waals surface area contributed by atoms with Crippen LogP contribution in [0.2, 0.25) is 0 Å². The molecule has 130 valence electrons. The van der Waals surface area contributed by atoms with Crippen LogP contribution >= 0.6 is 0 Å². The zero-order chi connectivity index (χ0) is 16.9. The van der Waals surface area contributed by atoms with E-state index in [1.165, 1.54) is 12.1 Å². The summed E-state index contributed by atoms with van der Waals surface area (Å²) in [6, 6.07) is 6.29. The predicted octanol–water partition coefficient (Wildman–Crippen LogP) is 1.54. The van der Waals surface area contributed by atoms with Crippen molar-refractivity contribution < 1.29 is 23.0 Å². The topological polar surface area (TPSA) is 84.9 Å². The first-order valence-electron chi connectivity index (χ1n) is 7.83. The summed E-state index contributed by atoms with van der Waals surface area (Å²) in [5, 5.41) is 10.3. The molecule has 0 unspecified atom stereocenters. The summed E-state index contributed by atoms with van der Waals surface area (Å²) < 4.78 is 37.8. The second-order valence-corrected chi connectivity index (χ2v) is 8.10. The zero-order valence-corrected chi connectivity index (χ0v) is 14.4. The summed E-state index contributed by atoms with van der Waals surface area (Å²) >= 11 is 0. The van der Waals surface area contributed by atoms with E-state index in [0.717, 1.165) is 0 Å². The molecule has 1 aliphatic rings. The van der Waals surface area contributed by atoms with Gasteiger partial charge in [0.1, 0.15) is 5.75 Å². The van der Waals surface area contributed by atoms with Gasteiger partial charge in [0, 0.05) is 32.6 Å². The van der Waals surface area contributed by atoms with Crippen molar-refractivity contribution in [3.05, 3.63) is 24.3 Å². The van der Waals surface area contributed by atoms with Gasteiger partial charge in [-0.1, -0.05) is 13.8 Å². The maximum atomic E-state index is 12.3. The second kappa shape index (κ2) is 7.61. The third kappa shape index (κ3) is 5.46. The number of hydrogen-bond acceptors (Lipinski definition) is 5. The molecule has 0 atom stereocenters. The van der Waals surface area contributed by atoms with Crippen molar-refractivity contribution in [3.63, 3.8) is 0 Å². The van der Waals surface area contributed by atoms with Crippen molar-refractivity contribution in [2.45, 2.75) is 37.2 Å². The molecular formula is C16H25NO5S. The van der Waals surface area contributed by atoms with Gasteiger partial charge >= 0.3 is 0 Å². The van der Waals surface area contributed by atoms with Gasteiger partial charge in [-0.3, -0.25) is 0 Å². The van der Waals surface area contributed by atoms with Crippen LogP contribution < -0.4 is 9.46 Å². The lowest BCUT2D eigenvalue weighted by Crippen LogP contribution is -2.46. The normalized spacial score (nSPS) is 18.1. The van der Waals surface area contributed by atoms with E-state index in [-0.39, 0.29) is 11.4 Å². The highest BCUT2D eigenvalue weighted by molar-refractivity contribution is 7.89. The summed E-state index contributed by atoms with van der Waals surface area (Å²) in [5.74, 6) is 1.04. The Morgan fingerprint density at radius 2 is 1.87 bits per heavy atom. The molecule has 1 saturated heterocycles. The van der Waals surface area contributed by atoms with Crippen LogP contribution in [0.3, 0.4) is 0 Å². The van der Waals surface area contributed by atoms with Gasteiger partial charge in [0.15, 0.2) is 0 Å². The highest BCUT2D eigenvalue weighted by Crippen LogP contribution is 2.21. The van der Waals surface area contributed by atoms with Gasteiger partial charge in [0.05, 0.1) is 17.1 Å². The van der Waals surface area contributed by atoms with E-state index in [4.69, 9.17) is 9.47 Å². The minimum atomic E-state index is -3.65. The van der Waals surface area contributed by atoms with E-state index in [9.17, 15) is 13.5 Å². The molecule has 7 heteroatoms. The number of benzene rings is 1. The van der Waals surface area contributed by atoms with Crippen molar-refractivity contribution in [1.29, 1.82) is 0 Å². The Morgan fingerprint density at radius 3 is 2.43 bits per heavy atom. The van der Waals surface area contributed by atoms with Crippen LogP contribution in [-0.4, -0.2) is 45.5 Å². The number of rotatable bonds is 7. The molecule has 1 heterocycles. The second-order valence-electron chi connectivity index (χ2n) is 6.34. The minimum absolute atomic E-state index is 0.00963. The number of ether oxygens (including phenoxy) is 2. The van der Waals surface area contributed by atoms with Crippen molar-refractivity contribution in [3.8, 4) is 5.75 Å². The molecule has 0 aromatic heterocycles. The van der Waals surface area contributed by atoms with Gasteiger partial charge < -0.3 is 14.6 Å². The van der Waals surface area contributed by atoms with Crippen molar-refractivity contribution in [1.82, 2.24) is 4.72 Å². The lowest BCUT2D eigenvalue weighted by molar-refractivity contribution is -0.0588. The molecule has 2 rings (SSSR count). The molecule has 0 bridgehead atoms. The lowest BCUT2D eigenvalue weighted by Gasteiger charge is -2.31. The molecule has 1 aromatic carbocycles. The summed E-state index contributed by atoms with van der Waals surface area (Å²) in [6.07, 6.45) is 0.856. The van der Waals surface area contributed by atoms with Gasteiger partial charge in [-0.15, -0.1) is 0 Å². The van der Waals surface area contributed by atoms with Crippen molar-refractivity contribution in [2.24, 2.45) is 5.92 Å². The highest BCUT2D eigenvalue weighted by atomic mass is 32.2. The molecular weight excluding hydrogens is 318 g/mol. The average molecular weight is 343 g/mol. The standard InChI is InChI=1S/C16H25NO5S/c1-13(2)11-22-14-3-5-15(6-4-14)23(19,20)17-12-16(18)7-9-21-10-8-16/h3-6,13,17-18H,7-12H2,1-2H3. The monoisotopic (exact) mass is 343 g/mol. The Bertz CT molecular complexity index is 591. The Balaban J connectivity index is 1.96. The zero-order valence-electron chi connectivity index (χ0n) is 13.6. The van der Waals surface area contributed by atoms with Crippen LogP contribution in [0.25, 0.3) is 0 Å². The largest absolute Gasteiger partial charge is 0.493 e. The first-order chi connectivity index (χ1) is 10.8. The van der Waals surface area contributed by atoms with E-state index >= 15 is 0 Å². The van der Waals surface area contributed by atoms with Crippen LogP contribution in [0.1, 0.15) is 26.7 Å². The summed E-state index contributed by atoms with van der Waals surface area (Å²) in [4.78, 5) is 0.157. The fourth-order valence-corrected chi connectivity index (χ4v) is 3.34. The molecule has 0 saturated carbocycles. The van der Waals surface area contributed by atoms with Crippen molar-refractivity contribution in [2.75, 3.05) is 26.4 Å². The Kier molecular flexibility index (Phi) is 6.02. The maximum Gasteiger partial charge on any atom is 0.240 e. The molecule has 0 spiro atoms. The molecule has 0 aliphatic carbocycles. The van der Waals surface area contributed by atoms with Crippen LogP contribution in [0.5, 0.6) is 5.75 Å². The molecule has 1 aliphatic heterocycles. The molecule has 1 fully saturated rings. The van der Waals surface area contributed by atoms with Crippen molar-refractivity contribution >= 4 is 10.0 Å². The third-order valence-corrected chi connectivity index (χ3v) is 5.15. The van der Waals surface area contributed by atoms with Crippen LogP contribution in [-0.2, 0) is 14.8 Å². The van der Waals surface area contributed by atoms with Gasteiger partial charge in [-0.25, -0.2) is 13.1 Å². The fraction of sp³-hybridized carbons (Fsp3) is 0.625. The van der Waals surface area contributed by atoms with Gasteiger partial charge in [0.25, 0.3) is 0 Å². The Hall–Kier alpha value is -1.15. The molecule has 0 radical (unpaired) electrons. The summed E-state index contributed by atoms with van der Waals surface area (Å²) in [6.45, 7) is 5.55. The first kappa shape index (κ1) is 18.2. The lowest BCUT2D eigenvalue weighted by atomic mass is 9.95. The van der Waals surface area contributed by atoms with Crippen LogP contribution in [0.4, 0.5) is 0 Å². The molecule has 23 heavy (non-hydrogen) atoms. The number of aliphatic hydroxyl groups is 1. The molecule has 0 amide bonds. The maximum absolute atomic E-state index is 12.3. The Morgan fingerprint density at radius 1 is 1.26 bits per heavy atom. The SMILES string of the molecule is CC(C)COc1ccc(S(=O)(=O)NCC2(O)CCOCC2)cc1. The van der Waals surface area contributed by atoms with Crippen LogP contribution in [0.15, 0.2) is 29.2 Å². The van der Waals surface area contributed by atoms with Crippen LogP contribution in [0, 0.1) is 5.92 Å². The van der Waals surface area contributed by atoms with E-state index in [1.54, 1.807) is 12.1 Å². The van der Waals surface area contributed by atoms with Gasteiger partial charge in [-0.05, 0) is 30.2 Å².